The lowest BCUT2D eigenvalue weighted by atomic mass is 9.84. The number of amides is 1. The topological polar surface area (TPSA) is 96.2 Å². The van der Waals surface area contributed by atoms with Gasteiger partial charge in [-0.05, 0) is 6.92 Å². The third-order valence-corrected chi connectivity index (χ3v) is 6.26. The fraction of sp³-hybridized carbons (Fsp3) is 0.917. The quantitative estimate of drug-likeness (QED) is 0.669. The van der Waals surface area contributed by atoms with Crippen molar-refractivity contribution in [3.8, 4) is 0 Å². The number of nitrogens with two attached hydrogens (primary N) is 1. The number of ether oxygens (including phenoxy) is 1. The van der Waals surface area contributed by atoms with Gasteiger partial charge in [0.2, 0.25) is 5.91 Å². The van der Waals surface area contributed by atoms with Gasteiger partial charge >= 0.3 is 0 Å². The minimum Gasteiger partial charge on any atom is -0.379 e. The van der Waals surface area contributed by atoms with E-state index in [4.69, 9.17) is 10.5 Å². The highest BCUT2D eigenvalue weighted by Gasteiger charge is 2.47. The Morgan fingerprint density at radius 1 is 1.29 bits per heavy atom. The lowest BCUT2D eigenvalue weighted by molar-refractivity contribution is -0.143. The van der Waals surface area contributed by atoms with Crippen molar-refractivity contribution in [1.29, 1.82) is 0 Å². The standard InChI is InChI=1S/C12H24N4O4S/c1-12(9-20-8-10(12)13)11(17)15-4-6-16(7-5-15)21(18,19)14(2)3/h10H,4-9,13H2,1-3H3. The summed E-state index contributed by atoms with van der Waals surface area (Å²) >= 11 is 0. The van der Waals surface area contributed by atoms with E-state index < -0.39 is 15.6 Å². The highest BCUT2D eigenvalue weighted by atomic mass is 32.2. The van der Waals surface area contributed by atoms with Gasteiger partial charge in [-0.1, -0.05) is 0 Å². The van der Waals surface area contributed by atoms with Crippen LogP contribution in [0.4, 0.5) is 0 Å². The Morgan fingerprint density at radius 3 is 2.29 bits per heavy atom. The molecule has 2 unspecified atom stereocenters. The Hall–Kier alpha value is -0.740. The normalized spacial score (nSPS) is 31.9. The fourth-order valence-electron chi connectivity index (χ4n) is 2.62. The number of piperazine rings is 1. The first kappa shape index (κ1) is 16.6. The molecule has 0 aromatic carbocycles. The zero-order chi connectivity index (χ0) is 15.8. The number of hydrogen-bond acceptors (Lipinski definition) is 5. The molecule has 0 bridgehead atoms. The van der Waals surface area contributed by atoms with E-state index in [0.717, 1.165) is 0 Å². The molecule has 2 N–H and O–H groups in total. The molecule has 2 rings (SSSR count). The van der Waals surface area contributed by atoms with Crippen LogP contribution in [0, 0.1) is 5.41 Å². The van der Waals surface area contributed by atoms with Gasteiger partial charge in [-0.25, -0.2) is 0 Å². The average molecular weight is 320 g/mol. The lowest BCUT2D eigenvalue weighted by Crippen LogP contribution is -2.58. The van der Waals surface area contributed by atoms with Crippen molar-refractivity contribution < 1.29 is 17.9 Å². The summed E-state index contributed by atoms with van der Waals surface area (Å²) in [5.74, 6) is -0.0469. The summed E-state index contributed by atoms with van der Waals surface area (Å²) in [4.78, 5) is 14.3. The summed E-state index contributed by atoms with van der Waals surface area (Å²) in [7, 11) is -0.409. The Morgan fingerprint density at radius 2 is 1.86 bits per heavy atom. The molecule has 9 heteroatoms. The SMILES string of the molecule is CN(C)S(=O)(=O)N1CCN(C(=O)C2(C)COCC2N)CC1. The molecule has 2 fully saturated rings. The van der Waals surface area contributed by atoms with Crippen LogP contribution >= 0.6 is 0 Å². The maximum atomic E-state index is 12.6. The molecule has 2 heterocycles. The molecule has 1 amide bonds. The third-order valence-electron chi connectivity index (χ3n) is 4.32. The van der Waals surface area contributed by atoms with Crippen LogP contribution in [0.5, 0.6) is 0 Å². The van der Waals surface area contributed by atoms with Gasteiger partial charge in [0, 0.05) is 46.3 Å². The van der Waals surface area contributed by atoms with E-state index in [1.54, 1.807) is 4.90 Å². The number of nitrogens with zero attached hydrogens (tertiary/aromatic N) is 3. The molecule has 0 saturated carbocycles. The summed E-state index contributed by atoms with van der Waals surface area (Å²) < 4.78 is 32.0. The number of hydrogen-bond donors (Lipinski definition) is 1. The zero-order valence-corrected chi connectivity index (χ0v) is 13.6. The van der Waals surface area contributed by atoms with Crippen LogP contribution in [-0.4, -0.2) is 87.4 Å². The maximum Gasteiger partial charge on any atom is 0.281 e. The Bertz CT molecular complexity index is 501. The molecule has 2 saturated heterocycles. The van der Waals surface area contributed by atoms with Gasteiger partial charge in [0.25, 0.3) is 10.2 Å². The van der Waals surface area contributed by atoms with Crippen LogP contribution in [-0.2, 0) is 19.7 Å². The number of rotatable bonds is 3. The van der Waals surface area contributed by atoms with Gasteiger partial charge in [0.05, 0.1) is 18.6 Å². The van der Waals surface area contributed by atoms with E-state index in [2.05, 4.69) is 0 Å². The van der Waals surface area contributed by atoms with Gasteiger partial charge in [-0.2, -0.15) is 17.0 Å². The largest absolute Gasteiger partial charge is 0.379 e. The first-order valence-corrected chi connectivity index (χ1v) is 8.39. The minimum absolute atomic E-state index is 0.0469. The monoisotopic (exact) mass is 320 g/mol. The summed E-state index contributed by atoms with van der Waals surface area (Å²) in [6.07, 6.45) is 0. The van der Waals surface area contributed by atoms with Gasteiger partial charge in [0.15, 0.2) is 0 Å². The van der Waals surface area contributed by atoms with Gasteiger partial charge in [0.1, 0.15) is 0 Å². The Balaban J connectivity index is 2.00. The highest BCUT2D eigenvalue weighted by Crippen LogP contribution is 2.30. The molecule has 2 aliphatic rings. The summed E-state index contributed by atoms with van der Waals surface area (Å²) in [6, 6.07) is -0.312. The van der Waals surface area contributed by atoms with Crippen molar-refractivity contribution in [3.63, 3.8) is 0 Å². The fourth-order valence-corrected chi connectivity index (χ4v) is 3.71. The Labute approximate surface area is 126 Å². The van der Waals surface area contributed by atoms with Crippen molar-refractivity contribution in [2.45, 2.75) is 13.0 Å². The van der Waals surface area contributed by atoms with Crippen LogP contribution < -0.4 is 5.73 Å². The molecule has 21 heavy (non-hydrogen) atoms. The van der Waals surface area contributed by atoms with Gasteiger partial charge < -0.3 is 15.4 Å². The van der Waals surface area contributed by atoms with Gasteiger partial charge in [-0.15, -0.1) is 0 Å². The second-order valence-electron chi connectivity index (χ2n) is 6.02. The predicted molar refractivity (Wildman–Crippen MR) is 77.7 cm³/mol. The minimum atomic E-state index is -3.41. The third kappa shape index (κ3) is 2.93. The molecular formula is C12H24N4O4S. The second kappa shape index (κ2) is 5.81. The molecule has 2 atom stereocenters. The maximum absolute atomic E-state index is 12.6. The van der Waals surface area contributed by atoms with Gasteiger partial charge in [-0.3, -0.25) is 4.79 Å². The van der Waals surface area contributed by atoms with Crippen molar-refractivity contribution in [2.24, 2.45) is 11.1 Å². The predicted octanol–water partition coefficient (Wildman–Crippen LogP) is -1.70. The molecular weight excluding hydrogens is 296 g/mol. The van der Waals surface area contributed by atoms with E-state index in [9.17, 15) is 13.2 Å². The van der Waals surface area contributed by atoms with E-state index in [0.29, 0.717) is 39.4 Å². The molecule has 0 aromatic rings. The van der Waals surface area contributed by atoms with Crippen molar-refractivity contribution in [3.05, 3.63) is 0 Å². The van der Waals surface area contributed by atoms with Crippen LogP contribution in [0.2, 0.25) is 0 Å². The first-order chi connectivity index (χ1) is 9.69. The van der Waals surface area contributed by atoms with Crippen LogP contribution in [0.25, 0.3) is 0 Å². The number of carbonyl (C=O) groups is 1. The molecule has 0 aliphatic carbocycles. The van der Waals surface area contributed by atoms with E-state index >= 15 is 0 Å². The average Bonchev–Trinajstić information content (AvgIpc) is 2.79. The Kier molecular flexibility index (Phi) is 4.60. The summed E-state index contributed by atoms with van der Waals surface area (Å²) in [5, 5.41) is 0. The van der Waals surface area contributed by atoms with Crippen molar-refractivity contribution >= 4 is 16.1 Å². The molecule has 0 spiro atoms. The summed E-state index contributed by atoms with van der Waals surface area (Å²) in [5.41, 5.74) is 5.27. The molecule has 122 valence electrons. The first-order valence-electron chi connectivity index (χ1n) is 7.00. The summed E-state index contributed by atoms with van der Waals surface area (Å²) in [6.45, 7) is 3.90. The zero-order valence-electron chi connectivity index (χ0n) is 12.8. The molecule has 8 nitrogen and oxygen atoms in total. The molecule has 0 radical (unpaired) electrons. The van der Waals surface area contributed by atoms with Crippen LogP contribution in [0.1, 0.15) is 6.92 Å². The second-order valence-corrected chi connectivity index (χ2v) is 8.16. The van der Waals surface area contributed by atoms with Crippen molar-refractivity contribution in [2.75, 3.05) is 53.5 Å². The lowest BCUT2D eigenvalue weighted by Gasteiger charge is -2.39. The van der Waals surface area contributed by atoms with E-state index in [1.807, 2.05) is 6.92 Å². The van der Waals surface area contributed by atoms with E-state index in [1.165, 1.54) is 22.7 Å². The smallest absolute Gasteiger partial charge is 0.281 e. The van der Waals surface area contributed by atoms with Crippen LogP contribution in [0.15, 0.2) is 0 Å². The van der Waals surface area contributed by atoms with E-state index in [-0.39, 0.29) is 11.9 Å². The highest BCUT2D eigenvalue weighted by molar-refractivity contribution is 7.86. The molecule has 0 aromatic heterocycles. The van der Waals surface area contributed by atoms with Crippen molar-refractivity contribution in [1.82, 2.24) is 13.5 Å². The van der Waals surface area contributed by atoms with Crippen LogP contribution in [0.3, 0.4) is 0 Å². The number of carbonyl (C=O) groups excluding carboxylic acids is 1. The molecule has 2 aliphatic heterocycles.